The maximum absolute atomic E-state index is 12.0. The van der Waals surface area contributed by atoms with Gasteiger partial charge in [-0.1, -0.05) is 12.1 Å². The van der Waals surface area contributed by atoms with Gasteiger partial charge in [0.25, 0.3) is 5.56 Å². The molecule has 0 atom stereocenters. The zero-order valence-electron chi connectivity index (χ0n) is 11.4. The number of nitriles is 1. The minimum atomic E-state index is -0.542. The molecule has 2 rings (SSSR count). The lowest BCUT2D eigenvalue weighted by Crippen LogP contribution is -2.14. The third-order valence-corrected chi connectivity index (χ3v) is 3.63. The van der Waals surface area contributed by atoms with E-state index < -0.39 is 11.5 Å². The van der Waals surface area contributed by atoms with Crippen molar-refractivity contribution in [2.75, 3.05) is 7.11 Å². The van der Waals surface area contributed by atoms with E-state index in [1.165, 1.54) is 7.11 Å². The molecule has 2 aromatic rings. The molecule has 0 fully saturated rings. The van der Waals surface area contributed by atoms with Crippen LogP contribution < -0.4 is 5.56 Å². The van der Waals surface area contributed by atoms with Gasteiger partial charge in [0.1, 0.15) is 11.6 Å². The van der Waals surface area contributed by atoms with E-state index >= 15 is 0 Å². The number of nitrogens with one attached hydrogen (secondary N) is 1. The number of carbonyl (C=O) groups excluding carboxylic acids is 1. The molecule has 0 radical (unpaired) electrons. The molecule has 5 nitrogen and oxygen atoms in total. The summed E-state index contributed by atoms with van der Waals surface area (Å²) in [4.78, 5) is 26.4. The number of ether oxygens (including phenoxy) is 1. The number of pyridine rings is 1. The van der Waals surface area contributed by atoms with Gasteiger partial charge in [0.2, 0.25) is 0 Å². The predicted octanol–water partition coefficient (Wildman–Crippen LogP) is 2.77. The van der Waals surface area contributed by atoms with E-state index in [1.54, 1.807) is 31.2 Å². The van der Waals surface area contributed by atoms with Crippen LogP contribution in [0, 0.1) is 18.3 Å². The van der Waals surface area contributed by atoms with Crippen molar-refractivity contribution >= 4 is 21.9 Å². The molecule has 0 amide bonds. The molecule has 106 valence electrons. The number of aryl methyl sites for hydroxylation is 1. The van der Waals surface area contributed by atoms with Gasteiger partial charge >= 0.3 is 5.97 Å². The second-order valence-corrected chi connectivity index (χ2v) is 5.19. The Bertz CT molecular complexity index is 819. The quantitative estimate of drug-likeness (QED) is 0.847. The van der Waals surface area contributed by atoms with Crippen LogP contribution in [0.3, 0.4) is 0 Å². The fraction of sp³-hybridized carbons (Fsp3) is 0.133. The average Bonchev–Trinajstić information content (AvgIpc) is 2.45. The van der Waals surface area contributed by atoms with E-state index in [1.807, 2.05) is 6.07 Å². The average molecular weight is 347 g/mol. The van der Waals surface area contributed by atoms with Gasteiger partial charge in [-0.25, -0.2) is 4.79 Å². The zero-order chi connectivity index (χ0) is 15.6. The van der Waals surface area contributed by atoms with Crippen LogP contribution in [0.2, 0.25) is 0 Å². The molecule has 0 unspecified atom stereocenters. The second-order valence-electron chi connectivity index (χ2n) is 4.34. The number of esters is 1. The van der Waals surface area contributed by atoms with Crippen molar-refractivity contribution in [3.8, 4) is 17.2 Å². The standard InChI is InChI=1S/C15H11BrN2O3/c1-8-6-10(11(7-17)14(19)18-8)9-4-3-5-12(16)13(9)15(20)21-2/h3-6H,1-2H3,(H,18,19). The van der Waals surface area contributed by atoms with E-state index in [0.717, 1.165) is 0 Å². The highest BCUT2D eigenvalue weighted by Gasteiger charge is 2.20. The van der Waals surface area contributed by atoms with Crippen molar-refractivity contribution in [2.24, 2.45) is 0 Å². The monoisotopic (exact) mass is 346 g/mol. The third kappa shape index (κ3) is 2.73. The van der Waals surface area contributed by atoms with Gasteiger partial charge in [0, 0.05) is 15.7 Å². The van der Waals surface area contributed by atoms with Gasteiger partial charge in [-0.2, -0.15) is 5.26 Å². The Labute approximate surface area is 129 Å². The van der Waals surface area contributed by atoms with Crippen molar-refractivity contribution in [3.05, 3.63) is 55.9 Å². The number of aromatic nitrogens is 1. The third-order valence-electron chi connectivity index (χ3n) is 2.97. The molecule has 0 saturated heterocycles. The molecular formula is C15H11BrN2O3. The highest BCUT2D eigenvalue weighted by Crippen LogP contribution is 2.31. The van der Waals surface area contributed by atoms with Crippen molar-refractivity contribution in [3.63, 3.8) is 0 Å². The minimum Gasteiger partial charge on any atom is -0.465 e. The molecule has 6 heteroatoms. The van der Waals surface area contributed by atoms with Crippen molar-refractivity contribution in [2.45, 2.75) is 6.92 Å². The fourth-order valence-electron chi connectivity index (χ4n) is 2.07. The number of hydrogen-bond donors (Lipinski definition) is 1. The first-order valence-corrected chi connectivity index (χ1v) is 6.80. The molecule has 0 saturated carbocycles. The second kappa shape index (κ2) is 5.94. The van der Waals surface area contributed by atoms with Crippen LogP contribution >= 0.6 is 15.9 Å². The van der Waals surface area contributed by atoms with E-state index in [9.17, 15) is 14.9 Å². The van der Waals surface area contributed by atoms with Gasteiger partial charge in [0.05, 0.1) is 12.7 Å². The number of rotatable bonds is 2. The summed E-state index contributed by atoms with van der Waals surface area (Å²) in [6, 6.07) is 8.64. The van der Waals surface area contributed by atoms with E-state index in [0.29, 0.717) is 21.3 Å². The van der Waals surface area contributed by atoms with Crippen LogP contribution in [-0.2, 0) is 4.74 Å². The van der Waals surface area contributed by atoms with Crippen molar-refractivity contribution in [1.29, 1.82) is 5.26 Å². The van der Waals surface area contributed by atoms with Crippen LogP contribution in [0.5, 0.6) is 0 Å². The Balaban J connectivity index is 2.87. The number of halogens is 1. The molecule has 0 spiro atoms. The Kier molecular flexibility index (Phi) is 4.24. The van der Waals surface area contributed by atoms with Gasteiger partial charge in [-0.3, -0.25) is 4.79 Å². The normalized spacial score (nSPS) is 10.0. The van der Waals surface area contributed by atoms with E-state index in [4.69, 9.17) is 4.74 Å². The number of carbonyl (C=O) groups is 1. The summed E-state index contributed by atoms with van der Waals surface area (Å²) in [5.41, 5.74) is 1.24. The molecule has 1 N–H and O–H groups in total. The summed E-state index contributed by atoms with van der Waals surface area (Å²) >= 11 is 3.30. The summed E-state index contributed by atoms with van der Waals surface area (Å²) in [6.45, 7) is 1.71. The summed E-state index contributed by atoms with van der Waals surface area (Å²) in [6.07, 6.45) is 0. The number of nitrogens with zero attached hydrogens (tertiary/aromatic N) is 1. The predicted molar refractivity (Wildman–Crippen MR) is 81.0 cm³/mol. The molecular weight excluding hydrogens is 336 g/mol. The first-order chi connectivity index (χ1) is 9.99. The van der Waals surface area contributed by atoms with Crippen LogP contribution in [0.4, 0.5) is 0 Å². The van der Waals surface area contributed by atoms with Crippen LogP contribution in [0.25, 0.3) is 11.1 Å². The van der Waals surface area contributed by atoms with Crippen LogP contribution in [0.1, 0.15) is 21.6 Å². The largest absolute Gasteiger partial charge is 0.465 e. The molecule has 0 aliphatic heterocycles. The van der Waals surface area contributed by atoms with Gasteiger partial charge in [-0.05, 0) is 40.5 Å². The Morgan fingerprint density at radius 1 is 1.38 bits per heavy atom. The number of methoxy groups -OCH3 is 1. The van der Waals surface area contributed by atoms with Gasteiger partial charge in [-0.15, -0.1) is 0 Å². The topological polar surface area (TPSA) is 83.0 Å². The van der Waals surface area contributed by atoms with Crippen molar-refractivity contribution in [1.82, 2.24) is 4.98 Å². The lowest BCUT2D eigenvalue weighted by molar-refractivity contribution is 0.0600. The SMILES string of the molecule is COC(=O)c1c(Br)cccc1-c1cc(C)[nH]c(=O)c1C#N. The molecule has 0 aliphatic carbocycles. The Morgan fingerprint density at radius 3 is 2.71 bits per heavy atom. The molecule has 1 aromatic heterocycles. The van der Waals surface area contributed by atoms with E-state index in [-0.39, 0.29) is 11.1 Å². The molecule has 1 heterocycles. The summed E-state index contributed by atoms with van der Waals surface area (Å²) in [7, 11) is 1.28. The summed E-state index contributed by atoms with van der Waals surface area (Å²) < 4.78 is 5.31. The fourth-order valence-corrected chi connectivity index (χ4v) is 2.60. The molecule has 1 aromatic carbocycles. The van der Waals surface area contributed by atoms with Gasteiger partial charge in [0.15, 0.2) is 0 Å². The molecule has 21 heavy (non-hydrogen) atoms. The van der Waals surface area contributed by atoms with Gasteiger partial charge < -0.3 is 9.72 Å². The minimum absolute atomic E-state index is 0.0381. The van der Waals surface area contributed by atoms with Crippen molar-refractivity contribution < 1.29 is 9.53 Å². The molecule has 0 aliphatic rings. The molecule has 0 bridgehead atoms. The first-order valence-electron chi connectivity index (χ1n) is 6.00. The maximum atomic E-state index is 12.0. The number of benzene rings is 1. The zero-order valence-corrected chi connectivity index (χ0v) is 12.9. The first kappa shape index (κ1) is 15.0. The lowest BCUT2D eigenvalue weighted by atomic mass is 9.96. The smallest absolute Gasteiger partial charge is 0.339 e. The summed E-state index contributed by atoms with van der Waals surface area (Å²) in [5.74, 6) is -0.542. The lowest BCUT2D eigenvalue weighted by Gasteiger charge is -2.11. The number of aromatic amines is 1. The highest BCUT2D eigenvalue weighted by atomic mass is 79.9. The maximum Gasteiger partial charge on any atom is 0.339 e. The summed E-state index contributed by atoms with van der Waals surface area (Å²) in [5, 5.41) is 9.21. The van der Waals surface area contributed by atoms with Crippen LogP contribution in [-0.4, -0.2) is 18.1 Å². The van der Waals surface area contributed by atoms with E-state index in [2.05, 4.69) is 20.9 Å². The Hall–Kier alpha value is -2.39. The highest BCUT2D eigenvalue weighted by molar-refractivity contribution is 9.10. The number of H-pyrrole nitrogens is 1. The van der Waals surface area contributed by atoms with Crippen LogP contribution in [0.15, 0.2) is 33.5 Å². The Morgan fingerprint density at radius 2 is 2.10 bits per heavy atom. The number of hydrogen-bond acceptors (Lipinski definition) is 4.